The van der Waals surface area contributed by atoms with Crippen LogP contribution < -0.4 is 9.47 Å². The van der Waals surface area contributed by atoms with Crippen LogP contribution >= 0.6 is 0 Å². The van der Waals surface area contributed by atoms with E-state index < -0.39 is 11.9 Å². The highest BCUT2D eigenvalue weighted by Gasteiger charge is 2.18. The number of hydrogen-bond acceptors (Lipinski definition) is 4. The van der Waals surface area contributed by atoms with Crippen LogP contribution in [0.5, 0.6) is 11.5 Å². The highest BCUT2D eigenvalue weighted by molar-refractivity contribution is 5.70. The second kappa shape index (κ2) is 23.4. The van der Waals surface area contributed by atoms with E-state index in [2.05, 4.69) is 24.3 Å². The van der Waals surface area contributed by atoms with Crippen molar-refractivity contribution in [3.8, 4) is 11.5 Å². The summed E-state index contributed by atoms with van der Waals surface area (Å²) in [5, 5.41) is 18.5. The van der Waals surface area contributed by atoms with Crippen LogP contribution in [-0.4, -0.2) is 35.9 Å². The minimum Gasteiger partial charge on any atom is -0.497 e. The van der Waals surface area contributed by atoms with Crippen LogP contribution in [0.1, 0.15) is 127 Å². The van der Waals surface area contributed by atoms with E-state index in [1.165, 1.54) is 63.4 Å². The van der Waals surface area contributed by atoms with Gasteiger partial charge in [-0.15, -0.1) is 0 Å². The highest BCUT2D eigenvalue weighted by atomic mass is 16.5. The molecule has 2 aromatic rings. The molecule has 0 heterocycles. The molecule has 0 bridgehead atoms. The summed E-state index contributed by atoms with van der Waals surface area (Å²) in [5.41, 5.74) is 2.43. The van der Waals surface area contributed by atoms with Crippen LogP contribution in [0.4, 0.5) is 0 Å². The number of benzene rings is 2. The number of carboxylic acid groups (broad SMARTS) is 2. The molecule has 6 nitrogen and oxygen atoms in total. The first-order chi connectivity index (χ1) is 21.4. The molecule has 0 aliphatic heterocycles. The fourth-order valence-corrected chi connectivity index (χ4v) is 6.05. The summed E-state index contributed by atoms with van der Waals surface area (Å²) >= 11 is 0. The number of rotatable bonds is 27. The van der Waals surface area contributed by atoms with Gasteiger partial charge in [-0.3, -0.25) is 9.59 Å². The first-order valence-electron chi connectivity index (χ1n) is 17.2. The van der Waals surface area contributed by atoms with Crippen LogP contribution in [0.3, 0.4) is 0 Å². The van der Waals surface area contributed by atoms with Crippen LogP contribution in [0.2, 0.25) is 0 Å². The average molecular weight is 611 g/mol. The van der Waals surface area contributed by atoms with Crippen molar-refractivity contribution in [1.29, 1.82) is 0 Å². The van der Waals surface area contributed by atoms with Gasteiger partial charge < -0.3 is 19.7 Å². The molecule has 44 heavy (non-hydrogen) atoms. The summed E-state index contributed by atoms with van der Waals surface area (Å²) in [5.74, 6) is 0.693. The lowest BCUT2D eigenvalue weighted by Gasteiger charge is -2.18. The minimum absolute atomic E-state index is 0.298. The summed E-state index contributed by atoms with van der Waals surface area (Å²) in [6.45, 7) is 2.69. The molecule has 0 radical (unpaired) electrons. The molecule has 2 N–H and O–H groups in total. The van der Waals surface area contributed by atoms with Crippen molar-refractivity contribution in [3.05, 3.63) is 59.7 Å². The van der Waals surface area contributed by atoms with Crippen molar-refractivity contribution in [1.82, 2.24) is 0 Å². The summed E-state index contributed by atoms with van der Waals surface area (Å²) in [6, 6.07) is 16.3. The average Bonchev–Trinajstić information content (AvgIpc) is 3.01. The smallest absolute Gasteiger partial charge is 0.306 e. The number of carboxylic acids is 2. The second-order valence-electron chi connectivity index (χ2n) is 12.3. The lowest BCUT2D eigenvalue weighted by Crippen LogP contribution is -2.16. The predicted octanol–water partition coefficient (Wildman–Crippen LogP) is 9.91. The van der Waals surface area contributed by atoms with Gasteiger partial charge >= 0.3 is 11.9 Å². The highest BCUT2D eigenvalue weighted by Crippen LogP contribution is 2.25. The number of methoxy groups -OCH3 is 1. The molecule has 0 aliphatic rings. The molecule has 246 valence electrons. The van der Waals surface area contributed by atoms with Gasteiger partial charge in [-0.05, 0) is 73.9 Å². The van der Waals surface area contributed by atoms with E-state index in [1.807, 2.05) is 31.2 Å². The molecule has 0 amide bonds. The van der Waals surface area contributed by atoms with E-state index in [-0.39, 0.29) is 5.92 Å². The first kappa shape index (κ1) is 37.2. The SMILES string of the molecule is CCOc1ccc(CC(CCCCCCCCCCC(=O)O)CCCCCCCC(Cc2ccc(OC)cc2)C(=O)O)cc1. The number of ether oxygens (including phenoxy) is 2. The van der Waals surface area contributed by atoms with E-state index >= 15 is 0 Å². The molecule has 2 unspecified atom stereocenters. The zero-order valence-corrected chi connectivity index (χ0v) is 27.4. The lowest BCUT2D eigenvalue weighted by molar-refractivity contribution is -0.142. The molecule has 6 heteroatoms. The Morgan fingerprint density at radius 3 is 1.55 bits per heavy atom. The Kier molecular flexibility index (Phi) is 19.7. The minimum atomic E-state index is -0.700. The normalized spacial score (nSPS) is 12.5. The third kappa shape index (κ3) is 17.3. The number of aliphatic carboxylic acids is 2. The molecule has 2 atom stereocenters. The zero-order chi connectivity index (χ0) is 31.8. The third-order valence-electron chi connectivity index (χ3n) is 8.67. The van der Waals surface area contributed by atoms with E-state index in [0.717, 1.165) is 68.4 Å². The Balaban J connectivity index is 1.68. The molecular weight excluding hydrogens is 552 g/mol. The van der Waals surface area contributed by atoms with E-state index in [0.29, 0.717) is 25.4 Å². The van der Waals surface area contributed by atoms with E-state index in [4.69, 9.17) is 14.6 Å². The van der Waals surface area contributed by atoms with Gasteiger partial charge in [0.15, 0.2) is 0 Å². The molecule has 0 aliphatic carbocycles. The quantitative estimate of drug-likeness (QED) is 0.0978. The van der Waals surface area contributed by atoms with Crippen molar-refractivity contribution in [2.75, 3.05) is 13.7 Å². The third-order valence-corrected chi connectivity index (χ3v) is 8.67. The fraction of sp³-hybridized carbons (Fsp3) is 0.632. The lowest BCUT2D eigenvalue weighted by atomic mass is 9.88. The molecule has 0 saturated heterocycles. The molecule has 0 aromatic heterocycles. The number of carbonyl (C=O) groups is 2. The van der Waals surface area contributed by atoms with Crippen LogP contribution in [0.25, 0.3) is 0 Å². The Hall–Kier alpha value is -3.02. The predicted molar refractivity (Wildman–Crippen MR) is 179 cm³/mol. The number of hydrogen-bond donors (Lipinski definition) is 2. The van der Waals surface area contributed by atoms with Crippen LogP contribution in [-0.2, 0) is 22.4 Å². The van der Waals surface area contributed by atoms with Gasteiger partial charge in [0.25, 0.3) is 0 Å². The Morgan fingerprint density at radius 2 is 1.07 bits per heavy atom. The standard InChI is InChI=1S/C38H58O6/c1-3-44-36-27-23-32(24-28-36)29-31(17-13-9-6-4-5-7-12-16-20-37(39)40)18-14-10-8-11-15-19-34(38(41)42)30-33-21-25-35(43-2)26-22-33/h21-28,31,34H,3-20,29-30H2,1-2H3,(H,39,40)(H,41,42). The van der Waals surface area contributed by atoms with Gasteiger partial charge in [-0.25, -0.2) is 0 Å². The maximum Gasteiger partial charge on any atom is 0.306 e. The Labute approximate surface area is 266 Å². The Morgan fingerprint density at radius 1 is 0.614 bits per heavy atom. The molecule has 0 fully saturated rings. The van der Waals surface area contributed by atoms with Crippen LogP contribution in [0, 0.1) is 11.8 Å². The van der Waals surface area contributed by atoms with Crippen molar-refractivity contribution in [3.63, 3.8) is 0 Å². The molecule has 2 aromatic carbocycles. The molecule has 2 rings (SSSR count). The fourth-order valence-electron chi connectivity index (χ4n) is 6.05. The zero-order valence-electron chi connectivity index (χ0n) is 27.4. The van der Waals surface area contributed by atoms with Gasteiger partial charge in [0.05, 0.1) is 19.6 Å². The van der Waals surface area contributed by atoms with Gasteiger partial charge in [0.2, 0.25) is 0 Å². The topological polar surface area (TPSA) is 93.1 Å². The molecular formula is C38H58O6. The van der Waals surface area contributed by atoms with Crippen molar-refractivity contribution >= 4 is 11.9 Å². The Bertz CT molecular complexity index is 1020. The van der Waals surface area contributed by atoms with E-state index in [9.17, 15) is 14.7 Å². The molecule has 0 saturated carbocycles. The van der Waals surface area contributed by atoms with Gasteiger partial charge in [-0.2, -0.15) is 0 Å². The summed E-state index contributed by atoms with van der Waals surface area (Å²) in [7, 11) is 1.64. The van der Waals surface area contributed by atoms with Crippen molar-refractivity contribution in [2.45, 2.75) is 129 Å². The summed E-state index contributed by atoms with van der Waals surface area (Å²) < 4.78 is 10.8. The largest absolute Gasteiger partial charge is 0.497 e. The number of unbranched alkanes of at least 4 members (excludes halogenated alkanes) is 11. The summed E-state index contributed by atoms with van der Waals surface area (Å²) in [6.07, 6.45) is 20.1. The van der Waals surface area contributed by atoms with Crippen LogP contribution in [0.15, 0.2) is 48.5 Å². The van der Waals surface area contributed by atoms with Gasteiger partial charge in [-0.1, -0.05) is 114 Å². The van der Waals surface area contributed by atoms with Crippen molar-refractivity contribution < 1.29 is 29.3 Å². The van der Waals surface area contributed by atoms with Crippen molar-refractivity contribution in [2.24, 2.45) is 11.8 Å². The second-order valence-corrected chi connectivity index (χ2v) is 12.3. The summed E-state index contributed by atoms with van der Waals surface area (Å²) in [4.78, 5) is 22.5. The van der Waals surface area contributed by atoms with Gasteiger partial charge in [0.1, 0.15) is 11.5 Å². The maximum atomic E-state index is 11.8. The first-order valence-corrected chi connectivity index (χ1v) is 17.2. The van der Waals surface area contributed by atoms with Gasteiger partial charge in [0, 0.05) is 6.42 Å². The maximum absolute atomic E-state index is 11.8. The van der Waals surface area contributed by atoms with E-state index in [1.54, 1.807) is 7.11 Å². The molecule has 0 spiro atoms. The monoisotopic (exact) mass is 610 g/mol.